The summed E-state index contributed by atoms with van der Waals surface area (Å²) in [5.41, 5.74) is 1.21. The van der Waals surface area contributed by atoms with Crippen molar-refractivity contribution in [1.82, 2.24) is 5.32 Å². The van der Waals surface area contributed by atoms with Gasteiger partial charge in [0.2, 0.25) is 6.79 Å². The molecule has 3 rings (SSSR count). The van der Waals surface area contributed by atoms with Crippen LogP contribution in [-0.4, -0.2) is 38.8 Å². The Labute approximate surface area is 125 Å². The van der Waals surface area contributed by atoms with Gasteiger partial charge in [-0.25, -0.2) is 8.42 Å². The van der Waals surface area contributed by atoms with E-state index in [0.29, 0.717) is 18.6 Å². The van der Waals surface area contributed by atoms with Crippen LogP contribution in [0.2, 0.25) is 0 Å². The van der Waals surface area contributed by atoms with Gasteiger partial charge in [0.1, 0.15) is 0 Å². The molecule has 2 heterocycles. The van der Waals surface area contributed by atoms with E-state index in [1.54, 1.807) is 0 Å². The number of aryl methyl sites for hydroxylation is 1. The van der Waals surface area contributed by atoms with Crippen molar-refractivity contribution >= 4 is 9.84 Å². The molecule has 1 aromatic carbocycles. The summed E-state index contributed by atoms with van der Waals surface area (Å²) in [6.07, 6.45) is 2.64. The molecule has 0 unspecified atom stereocenters. The lowest BCUT2D eigenvalue weighted by atomic mass is 10.0. The zero-order valence-corrected chi connectivity index (χ0v) is 13.0. The summed E-state index contributed by atoms with van der Waals surface area (Å²) in [4.78, 5) is 0. The Balaban J connectivity index is 1.49. The fourth-order valence-corrected chi connectivity index (χ4v) is 4.58. The molecule has 1 N–H and O–H groups in total. The third-order valence-electron chi connectivity index (χ3n) is 4.06. The smallest absolute Gasteiger partial charge is 0.231 e. The highest BCUT2D eigenvalue weighted by molar-refractivity contribution is 7.91. The summed E-state index contributed by atoms with van der Waals surface area (Å²) >= 11 is 0. The van der Waals surface area contributed by atoms with Crippen molar-refractivity contribution < 1.29 is 17.9 Å². The van der Waals surface area contributed by atoms with Crippen molar-refractivity contribution in [3.63, 3.8) is 0 Å². The second-order valence-corrected chi connectivity index (χ2v) is 8.12. The molecule has 2 aliphatic heterocycles. The number of benzene rings is 1. The Bertz CT molecular complexity index is 614. The first-order valence-corrected chi connectivity index (χ1v) is 9.19. The number of rotatable bonds is 5. The van der Waals surface area contributed by atoms with Crippen LogP contribution in [0.25, 0.3) is 0 Å². The number of hydrogen-bond acceptors (Lipinski definition) is 5. The number of hydrogen-bond donors (Lipinski definition) is 1. The fourth-order valence-electron chi connectivity index (χ4n) is 2.89. The molecule has 5 nitrogen and oxygen atoms in total. The van der Waals surface area contributed by atoms with Gasteiger partial charge < -0.3 is 14.8 Å². The molecule has 0 aliphatic carbocycles. The molecular formula is C15H21NO4S. The summed E-state index contributed by atoms with van der Waals surface area (Å²) in [6, 6.07) is 6.43. The van der Waals surface area contributed by atoms with Crippen LogP contribution in [0.5, 0.6) is 11.5 Å². The molecule has 2 aliphatic rings. The largest absolute Gasteiger partial charge is 0.454 e. The molecular weight excluding hydrogens is 290 g/mol. The molecule has 0 saturated carbocycles. The maximum absolute atomic E-state index is 11.4. The minimum absolute atomic E-state index is 0.113. The first kappa shape index (κ1) is 14.7. The molecule has 21 heavy (non-hydrogen) atoms. The number of nitrogens with one attached hydrogen (secondary N) is 1. The van der Waals surface area contributed by atoms with Crippen molar-refractivity contribution in [2.75, 3.05) is 18.3 Å². The van der Waals surface area contributed by atoms with Crippen LogP contribution in [0.3, 0.4) is 0 Å². The monoisotopic (exact) mass is 311 g/mol. The average molecular weight is 311 g/mol. The standard InChI is InChI=1S/C15H21NO4S/c1-11(16-13-6-7-21(17,18)9-13)2-3-12-4-5-14-15(8-12)20-10-19-14/h4-5,8,11,13,16H,2-3,6-7,9-10H2,1H3/t11-,13-/m0/s1. The van der Waals surface area contributed by atoms with Gasteiger partial charge in [0.15, 0.2) is 21.3 Å². The highest BCUT2D eigenvalue weighted by atomic mass is 32.2. The molecule has 0 aromatic heterocycles. The molecule has 6 heteroatoms. The molecule has 0 radical (unpaired) electrons. The van der Waals surface area contributed by atoms with Crippen LogP contribution >= 0.6 is 0 Å². The van der Waals surface area contributed by atoms with Crippen LogP contribution < -0.4 is 14.8 Å². The minimum Gasteiger partial charge on any atom is -0.454 e. The molecule has 1 aromatic rings. The third-order valence-corrected chi connectivity index (χ3v) is 5.82. The van der Waals surface area contributed by atoms with Gasteiger partial charge >= 0.3 is 0 Å². The molecule has 2 atom stereocenters. The highest BCUT2D eigenvalue weighted by Crippen LogP contribution is 2.32. The van der Waals surface area contributed by atoms with Crippen LogP contribution in [-0.2, 0) is 16.3 Å². The normalized spacial score (nSPS) is 24.1. The van der Waals surface area contributed by atoms with Crippen molar-refractivity contribution in [3.8, 4) is 11.5 Å². The van der Waals surface area contributed by atoms with E-state index >= 15 is 0 Å². The Morgan fingerprint density at radius 1 is 1.33 bits per heavy atom. The maximum Gasteiger partial charge on any atom is 0.231 e. The SMILES string of the molecule is C[C@@H](CCc1ccc2c(c1)OCO2)N[C@H]1CCS(=O)(=O)C1. The van der Waals surface area contributed by atoms with E-state index < -0.39 is 9.84 Å². The van der Waals surface area contributed by atoms with Crippen LogP contribution in [0, 0.1) is 0 Å². The summed E-state index contributed by atoms with van der Waals surface area (Å²) in [6.45, 7) is 2.41. The zero-order chi connectivity index (χ0) is 14.9. The van der Waals surface area contributed by atoms with E-state index in [4.69, 9.17) is 9.47 Å². The molecule has 0 spiro atoms. The Morgan fingerprint density at radius 3 is 2.90 bits per heavy atom. The summed E-state index contributed by atoms with van der Waals surface area (Å²) < 4.78 is 33.6. The maximum atomic E-state index is 11.4. The van der Waals surface area contributed by atoms with E-state index in [0.717, 1.165) is 30.8 Å². The topological polar surface area (TPSA) is 64.6 Å². The van der Waals surface area contributed by atoms with Gasteiger partial charge in [-0.2, -0.15) is 0 Å². The van der Waals surface area contributed by atoms with Gasteiger partial charge in [-0.1, -0.05) is 6.07 Å². The number of fused-ring (bicyclic) bond motifs is 1. The zero-order valence-electron chi connectivity index (χ0n) is 12.2. The van der Waals surface area contributed by atoms with Gasteiger partial charge in [0, 0.05) is 12.1 Å². The van der Waals surface area contributed by atoms with Crippen LogP contribution in [0.15, 0.2) is 18.2 Å². The average Bonchev–Trinajstić information content (AvgIpc) is 3.02. The van der Waals surface area contributed by atoms with E-state index in [1.165, 1.54) is 5.56 Å². The van der Waals surface area contributed by atoms with Crippen LogP contribution in [0.4, 0.5) is 0 Å². The van der Waals surface area contributed by atoms with Crippen molar-refractivity contribution in [2.24, 2.45) is 0 Å². The Kier molecular flexibility index (Phi) is 4.08. The quantitative estimate of drug-likeness (QED) is 0.893. The van der Waals surface area contributed by atoms with Crippen LogP contribution in [0.1, 0.15) is 25.3 Å². The molecule has 0 bridgehead atoms. The summed E-state index contributed by atoms with van der Waals surface area (Å²) in [5, 5.41) is 3.42. The van der Waals surface area contributed by atoms with E-state index in [2.05, 4.69) is 18.3 Å². The molecule has 0 amide bonds. The van der Waals surface area contributed by atoms with Gasteiger partial charge in [-0.15, -0.1) is 0 Å². The third kappa shape index (κ3) is 3.68. The second kappa shape index (κ2) is 5.85. The van der Waals surface area contributed by atoms with Gasteiger partial charge in [0.25, 0.3) is 0 Å². The number of sulfone groups is 1. The van der Waals surface area contributed by atoms with Gasteiger partial charge in [0.05, 0.1) is 11.5 Å². The fraction of sp³-hybridized carbons (Fsp3) is 0.600. The molecule has 1 fully saturated rings. The Hall–Kier alpha value is -1.27. The second-order valence-electron chi connectivity index (χ2n) is 5.89. The van der Waals surface area contributed by atoms with E-state index in [1.807, 2.05) is 12.1 Å². The highest BCUT2D eigenvalue weighted by Gasteiger charge is 2.28. The Morgan fingerprint density at radius 2 is 2.14 bits per heavy atom. The van der Waals surface area contributed by atoms with Crippen molar-refractivity contribution in [3.05, 3.63) is 23.8 Å². The predicted octanol–water partition coefficient (Wildman–Crippen LogP) is 1.51. The first-order chi connectivity index (χ1) is 10.0. The molecule has 116 valence electrons. The van der Waals surface area contributed by atoms with Gasteiger partial charge in [-0.05, 0) is 43.9 Å². The van der Waals surface area contributed by atoms with E-state index in [9.17, 15) is 8.42 Å². The number of ether oxygens (including phenoxy) is 2. The molecule has 1 saturated heterocycles. The van der Waals surface area contributed by atoms with E-state index in [-0.39, 0.29) is 11.8 Å². The first-order valence-electron chi connectivity index (χ1n) is 7.37. The lowest BCUT2D eigenvalue weighted by molar-refractivity contribution is 0.174. The van der Waals surface area contributed by atoms with Crippen molar-refractivity contribution in [2.45, 2.75) is 38.3 Å². The lowest BCUT2D eigenvalue weighted by Crippen LogP contribution is -2.37. The minimum atomic E-state index is -2.81. The van der Waals surface area contributed by atoms with Gasteiger partial charge in [-0.3, -0.25) is 0 Å². The van der Waals surface area contributed by atoms with Crippen molar-refractivity contribution in [1.29, 1.82) is 0 Å². The lowest BCUT2D eigenvalue weighted by Gasteiger charge is -2.18. The summed E-state index contributed by atoms with van der Waals surface area (Å²) in [5.74, 6) is 2.22. The predicted molar refractivity (Wildman–Crippen MR) is 80.5 cm³/mol. The summed E-state index contributed by atoms with van der Waals surface area (Å²) in [7, 11) is -2.81.